The number of esters is 2. The molecule has 1 rings (SSSR count). The Kier molecular flexibility index (Phi) is 31.0. The lowest BCUT2D eigenvalue weighted by atomic mass is 10.0. The number of hydrogen-bond acceptors (Lipinski definition) is 11. The number of aliphatic hydroxyl groups excluding tert-OH is 3. The second-order valence-electron chi connectivity index (χ2n) is 17.2. The Bertz CT molecular complexity index is 1530. The Hall–Kier alpha value is -2.87. The third-order valence-electron chi connectivity index (χ3n) is 10.4. The average Bonchev–Trinajstić information content (AvgIpc) is 3.47. The number of phosphoric ester groups is 1. The molecule has 14 heteroatoms. The Morgan fingerprint density at radius 2 is 1.26 bits per heavy atom. The number of ether oxygens (including phenoxy) is 2. The van der Waals surface area contributed by atoms with Crippen molar-refractivity contribution in [2.75, 3.05) is 47.5 Å². The molecule has 13 nitrogen and oxygen atoms in total. The lowest BCUT2D eigenvalue weighted by Gasteiger charge is -2.24. The molecule has 0 aromatic carbocycles. The van der Waals surface area contributed by atoms with Crippen molar-refractivity contribution in [1.29, 1.82) is 0 Å². The summed E-state index contributed by atoms with van der Waals surface area (Å²) >= 11 is 0. The van der Waals surface area contributed by atoms with Crippen LogP contribution in [0.3, 0.4) is 0 Å². The van der Waals surface area contributed by atoms with Gasteiger partial charge in [-0.1, -0.05) is 120 Å². The Labute approximate surface area is 373 Å². The number of carbonyl (C=O) groups is 2. The summed E-state index contributed by atoms with van der Waals surface area (Å²) in [6.45, 7) is 8.10. The van der Waals surface area contributed by atoms with Crippen molar-refractivity contribution >= 4 is 19.8 Å². The van der Waals surface area contributed by atoms with Gasteiger partial charge in [-0.2, -0.15) is 0 Å². The Balaban J connectivity index is 2.48. The number of unbranched alkanes of at least 4 members (excludes halogenated alkanes) is 9. The van der Waals surface area contributed by atoms with Gasteiger partial charge in [0, 0.05) is 25.7 Å². The molecule has 0 radical (unpaired) electrons. The van der Waals surface area contributed by atoms with Crippen LogP contribution in [0.5, 0.6) is 0 Å². The number of rotatable bonds is 37. The number of carbonyl (C=O) groups excluding carboxylic acids is 2. The van der Waals surface area contributed by atoms with Gasteiger partial charge >= 0.3 is 19.8 Å². The first kappa shape index (κ1) is 57.1. The molecule has 1 heterocycles. The zero-order valence-electron chi connectivity index (χ0n) is 39.1. The van der Waals surface area contributed by atoms with Crippen LogP contribution in [0, 0.1) is 13.8 Å². The molecule has 0 spiro atoms. The highest BCUT2D eigenvalue weighted by atomic mass is 31.2. The Morgan fingerprint density at radius 1 is 0.677 bits per heavy atom. The second kappa shape index (κ2) is 33.6. The lowest BCUT2D eigenvalue weighted by Crippen LogP contribution is -2.37. The first-order valence-corrected chi connectivity index (χ1v) is 24.5. The smallest absolute Gasteiger partial charge is 0.466 e. The van der Waals surface area contributed by atoms with E-state index in [2.05, 4.69) is 27.7 Å². The van der Waals surface area contributed by atoms with Crippen molar-refractivity contribution in [3.05, 3.63) is 71.3 Å². The predicted molar refractivity (Wildman–Crippen MR) is 245 cm³/mol. The molecule has 1 aromatic rings. The van der Waals surface area contributed by atoms with E-state index in [1.54, 1.807) is 42.5 Å². The monoisotopic (exact) mass is 897 g/mol. The minimum Gasteiger partial charge on any atom is -0.466 e. The maximum Gasteiger partial charge on any atom is 0.472 e. The molecule has 0 aliphatic rings. The number of likely N-dealkylation sites (N-methyl/N-ethyl adjacent to an activating group) is 1. The van der Waals surface area contributed by atoms with Gasteiger partial charge in [-0.15, -0.1) is 0 Å². The number of allylic oxidation sites excluding steroid dienone is 6. The van der Waals surface area contributed by atoms with E-state index in [-0.39, 0.29) is 38.9 Å². The first-order valence-electron chi connectivity index (χ1n) is 23.1. The molecule has 0 saturated heterocycles. The van der Waals surface area contributed by atoms with Gasteiger partial charge in [0.25, 0.3) is 0 Å². The number of phosphoric acid groups is 1. The molecule has 0 bridgehead atoms. The summed E-state index contributed by atoms with van der Waals surface area (Å²) in [6.07, 6.45) is 25.2. The fourth-order valence-electron chi connectivity index (χ4n) is 6.38. The first-order chi connectivity index (χ1) is 29.5. The van der Waals surface area contributed by atoms with Crippen LogP contribution in [0.25, 0.3) is 0 Å². The molecule has 1 aromatic heterocycles. The van der Waals surface area contributed by atoms with E-state index in [0.717, 1.165) is 101 Å². The highest BCUT2D eigenvalue weighted by Crippen LogP contribution is 2.43. The summed E-state index contributed by atoms with van der Waals surface area (Å²) in [5.74, 6) is 1.10. The van der Waals surface area contributed by atoms with Crippen LogP contribution in [0.15, 0.2) is 53.0 Å². The highest BCUT2D eigenvalue weighted by molar-refractivity contribution is 7.47. The molecule has 1 unspecified atom stereocenters. The van der Waals surface area contributed by atoms with E-state index in [1.807, 2.05) is 21.1 Å². The van der Waals surface area contributed by atoms with Crippen LogP contribution < -0.4 is 0 Å². The predicted octanol–water partition coefficient (Wildman–Crippen LogP) is 9.26. The second-order valence-corrected chi connectivity index (χ2v) is 18.7. The Morgan fingerprint density at radius 3 is 1.89 bits per heavy atom. The summed E-state index contributed by atoms with van der Waals surface area (Å²) in [5.41, 5.74) is 2.59. The van der Waals surface area contributed by atoms with Crippen molar-refractivity contribution < 1.29 is 61.8 Å². The SMILES string of the molecule is CCCCC[C@H](O)/C=C/C=C\C=C\C=C\[C@H](O)[C@@H](O)CCCC(=O)O[C@H](COC(=O)CCCCCCCCCCc1oc(CCC)c(C)c1C)COP(=O)(O)OCC[N+](C)(C)C. The van der Waals surface area contributed by atoms with Crippen molar-refractivity contribution in [3.8, 4) is 0 Å². The van der Waals surface area contributed by atoms with Gasteiger partial charge in [-0.25, -0.2) is 4.57 Å². The van der Waals surface area contributed by atoms with Gasteiger partial charge in [-0.3, -0.25) is 18.6 Å². The zero-order chi connectivity index (χ0) is 46.2. The van der Waals surface area contributed by atoms with Crippen LogP contribution in [-0.4, -0.2) is 109 Å². The van der Waals surface area contributed by atoms with E-state index in [4.69, 9.17) is 22.9 Å². The molecular weight excluding hydrogens is 813 g/mol. The third kappa shape index (κ3) is 29.5. The molecule has 0 amide bonds. The van der Waals surface area contributed by atoms with Gasteiger partial charge in [-0.05, 0) is 63.5 Å². The highest BCUT2D eigenvalue weighted by Gasteiger charge is 2.27. The van der Waals surface area contributed by atoms with E-state index < -0.39 is 50.8 Å². The summed E-state index contributed by atoms with van der Waals surface area (Å²) in [5, 5.41) is 30.6. The van der Waals surface area contributed by atoms with Gasteiger partial charge in [0.1, 0.15) is 31.3 Å². The van der Waals surface area contributed by atoms with Gasteiger partial charge in [0.2, 0.25) is 0 Å². The maximum absolute atomic E-state index is 12.8. The van der Waals surface area contributed by atoms with Crippen LogP contribution in [0.4, 0.5) is 0 Å². The largest absolute Gasteiger partial charge is 0.472 e. The molecule has 5 atom stereocenters. The van der Waals surface area contributed by atoms with Crippen molar-refractivity contribution in [3.63, 3.8) is 0 Å². The lowest BCUT2D eigenvalue weighted by molar-refractivity contribution is -0.870. The molecule has 0 saturated carbocycles. The summed E-state index contributed by atoms with van der Waals surface area (Å²) in [4.78, 5) is 35.6. The molecular formula is C48H83NO12P+. The molecule has 62 heavy (non-hydrogen) atoms. The number of aryl methyl sites for hydroxylation is 2. The minimum atomic E-state index is -4.49. The number of nitrogens with zero attached hydrogens (tertiary/aromatic N) is 1. The van der Waals surface area contributed by atoms with E-state index >= 15 is 0 Å². The van der Waals surface area contributed by atoms with Crippen molar-refractivity contribution in [2.45, 2.75) is 174 Å². The topological polar surface area (TPSA) is 182 Å². The average molecular weight is 897 g/mol. The van der Waals surface area contributed by atoms with Crippen LogP contribution >= 0.6 is 7.82 Å². The summed E-state index contributed by atoms with van der Waals surface area (Å²) in [7, 11) is 1.23. The number of aliphatic hydroxyl groups is 3. The zero-order valence-corrected chi connectivity index (χ0v) is 40.0. The third-order valence-corrected chi connectivity index (χ3v) is 11.4. The molecule has 4 N–H and O–H groups in total. The summed E-state index contributed by atoms with van der Waals surface area (Å²) < 4.78 is 40.2. The van der Waals surface area contributed by atoms with Crippen LogP contribution in [-0.2, 0) is 45.5 Å². The molecule has 356 valence electrons. The van der Waals surface area contributed by atoms with Crippen LogP contribution in [0.1, 0.15) is 146 Å². The quantitative estimate of drug-likeness (QED) is 0.0164. The number of furan rings is 1. The minimum absolute atomic E-state index is 0.0404. The normalized spacial score (nSPS) is 15.5. The molecule has 0 aliphatic heterocycles. The van der Waals surface area contributed by atoms with E-state index in [0.29, 0.717) is 17.4 Å². The molecule has 0 fully saturated rings. The summed E-state index contributed by atoms with van der Waals surface area (Å²) in [6, 6.07) is 0. The van der Waals surface area contributed by atoms with Crippen LogP contribution in [0.2, 0.25) is 0 Å². The van der Waals surface area contributed by atoms with E-state index in [9.17, 15) is 34.4 Å². The fraction of sp³-hybridized carbons (Fsp3) is 0.708. The molecule has 0 aliphatic carbocycles. The van der Waals surface area contributed by atoms with Gasteiger partial charge in [0.05, 0.1) is 46.1 Å². The maximum atomic E-state index is 12.8. The van der Waals surface area contributed by atoms with Gasteiger partial charge < -0.3 is 38.6 Å². The fourth-order valence-corrected chi connectivity index (χ4v) is 7.13. The standard InChI is InChI=1S/C48H82NO12P/c1-8-10-21-28-41(50)29-22-17-15-16-18-23-30-43(51)44(52)31-26-34-48(54)60-42(38-59-62(55,56)58-36-35-49(5,6)7)37-57-47(53)33-25-20-14-12-11-13-19-24-32-46-40(4)39(3)45(61-46)27-9-2/h15-18,22-23,29-30,41-44,50-52H,8-14,19-21,24-28,31-38H2,1-7H3/p+1/b17-15-,18-16+,29-22+,30-23+/t41-,42+,43-,44-/m0/s1. The van der Waals surface area contributed by atoms with Crippen molar-refractivity contribution in [2.24, 2.45) is 0 Å². The van der Waals surface area contributed by atoms with Crippen molar-refractivity contribution in [1.82, 2.24) is 0 Å². The van der Waals surface area contributed by atoms with Gasteiger partial charge in [0.15, 0.2) is 6.10 Å². The number of quaternary nitrogens is 1. The van der Waals surface area contributed by atoms with E-state index in [1.165, 1.54) is 17.2 Å². The number of hydrogen-bond donors (Lipinski definition) is 4.